The number of carbonyl (C=O) groups excluding carboxylic acids is 1. The van der Waals surface area contributed by atoms with Crippen molar-refractivity contribution >= 4 is 51.4 Å². The highest BCUT2D eigenvalue weighted by molar-refractivity contribution is 6.37. The molecule has 3 aromatic rings. The van der Waals surface area contributed by atoms with Gasteiger partial charge in [0.1, 0.15) is 5.75 Å². The van der Waals surface area contributed by atoms with E-state index in [0.29, 0.717) is 56.2 Å². The van der Waals surface area contributed by atoms with E-state index in [0.717, 1.165) is 39.1 Å². The zero-order valence-electron chi connectivity index (χ0n) is 21.1. The molecule has 11 heteroatoms. The lowest BCUT2D eigenvalue weighted by atomic mass is 10.1. The second-order valence-electron chi connectivity index (χ2n) is 8.87. The number of nitrogens with zero attached hydrogens (tertiary/aromatic N) is 3. The van der Waals surface area contributed by atoms with Crippen LogP contribution in [-0.4, -0.2) is 81.3 Å². The van der Waals surface area contributed by atoms with Crippen LogP contribution in [0.25, 0.3) is 10.9 Å². The van der Waals surface area contributed by atoms with Crippen LogP contribution in [0.2, 0.25) is 10.0 Å². The summed E-state index contributed by atoms with van der Waals surface area (Å²) >= 11 is 12.6. The number of benzene rings is 2. The van der Waals surface area contributed by atoms with Gasteiger partial charge in [-0.15, -0.1) is 0 Å². The number of methoxy groups -OCH3 is 2. The number of halogens is 2. The fourth-order valence-corrected chi connectivity index (χ4v) is 4.76. The van der Waals surface area contributed by atoms with Gasteiger partial charge in [0.2, 0.25) is 0 Å². The van der Waals surface area contributed by atoms with Crippen LogP contribution in [0.15, 0.2) is 30.5 Å². The molecule has 1 aliphatic rings. The SMILES string of the molecule is COc1cc(Nc2c(C(N)=O)cnc3cc(OCCCN4CCN(C)CC4)c(OC)cc23)c(Cl)cc1Cl. The number of carbonyl (C=O) groups is 1. The number of primary amides is 1. The highest BCUT2D eigenvalue weighted by Crippen LogP contribution is 2.40. The van der Waals surface area contributed by atoms with Crippen molar-refractivity contribution in [1.82, 2.24) is 14.8 Å². The van der Waals surface area contributed by atoms with Crippen molar-refractivity contribution < 1.29 is 19.0 Å². The Morgan fingerprint density at radius 3 is 2.43 bits per heavy atom. The maximum absolute atomic E-state index is 12.3. The van der Waals surface area contributed by atoms with Crippen LogP contribution >= 0.6 is 23.2 Å². The Labute approximate surface area is 226 Å². The molecule has 9 nitrogen and oxygen atoms in total. The van der Waals surface area contributed by atoms with E-state index < -0.39 is 5.91 Å². The summed E-state index contributed by atoms with van der Waals surface area (Å²) < 4.78 is 17.0. The average Bonchev–Trinajstić information content (AvgIpc) is 2.88. The maximum atomic E-state index is 12.3. The van der Waals surface area contributed by atoms with Gasteiger partial charge in [-0.3, -0.25) is 9.78 Å². The van der Waals surface area contributed by atoms with E-state index in [9.17, 15) is 4.79 Å². The Morgan fingerprint density at radius 2 is 1.76 bits per heavy atom. The minimum atomic E-state index is -0.642. The van der Waals surface area contributed by atoms with E-state index in [-0.39, 0.29) is 5.56 Å². The second-order valence-corrected chi connectivity index (χ2v) is 9.68. The second kappa shape index (κ2) is 12.0. The summed E-state index contributed by atoms with van der Waals surface area (Å²) in [6.07, 6.45) is 2.32. The number of hydrogen-bond acceptors (Lipinski definition) is 8. The van der Waals surface area contributed by atoms with Crippen molar-refractivity contribution in [3.8, 4) is 17.2 Å². The van der Waals surface area contributed by atoms with Crippen molar-refractivity contribution in [1.29, 1.82) is 0 Å². The zero-order chi connectivity index (χ0) is 26.5. The Hall–Kier alpha value is -2.98. The average molecular weight is 548 g/mol. The number of anilines is 2. The first-order chi connectivity index (χ1) is 17.8. The molecule has 2 aromatic carbocycles. The molecule has 1 aliphatic heterocycles. The first kappa shape index (κ1) is 27.1. The van der Waals surface area contributed by atoms with Crippen LogP contribution in [0.3, 0.4) is 0 Å². The topological polar surface area (TPSA) is 102 Å². The van der Waals surface area contributed by atoms with Gasteiger partial charge in [-0.1, -0.05) is 23.2 Å². The Balaban J connectivity index is 1.60. The van der Waals surface area contributed by atoms with Crippen molar-refractivity contribution in [2.75, 3.05) is 65.9 Å². The third-order valence-corrected chi connectivity index (χ3v) is 7.00. The molecule has 1 aromatic heterocycles. The Kier molecular flexibility index (Phi) is 8.81. The number of nitrogens with one attached hydrogen (secondary N) is 1. The molecule has 1 saturated heterocycles. The molecule has 4 rings (SSSR count). The van der Waals surface area contributed by atoms with Gasteiger partial charge in [-0.25, -0.2) is 0 Å². The number of rotatable bonds is 10. The van der Waals surface area contributed by atoms with Crippen LogP contribution in [0.4, 0.5) is 11.4 Å². The molecule has 198 valence electrons. The van der Waals surface area contributed by atoms with Gasteiger partial charge in [-0.05, 0) is 25.6 Å². The molecule has 1 amide bonds. The van der Waals surface area contributed by atoms with Crippen LogP contribution in [0.5, 0.6) is 17.2 Å². The monoisotopic (exact) mass is 547 g/mol. The lowest BCUT2D eigenvalue weighted by Crippen LogP contribution is -2.44. The smallest absolute Gasteiger partial charge is 0.252 e. The summed E-state index contributed by atoms with van der Waals surface area (Å²) in [5.41, 5.74) is 7.38. The van der Waals surface area contributed by atoms with Crippen LogP contribution in [0, 0.1) is 0 Å². The van der Waals surface area contributed by atoms with Gasteiger partial charge in [0.05, 0.1) is 53.3 Å². The quantitative estimate of drug-likeness (QED) is 0.359. The van der Waals surface area contributed by atoms with Crippen LogP contribution in [-0.2, 0) is 0 Å². The number of fused-ring (bicyclic) bond motifs is 1. The van der Waals surface area contributed by atoms with Crippen LogP contribution in [0.1, 0.15) is 16.8 Å². The van der Waals surface area contributed by atoms with Gasteiger partial charge in [0, 0.05) is 56.4 Å². The standard InChI is InChI=1S/C26H31Cl2N5O4/c1-32-6-8-33(9-7-32)5-4-10-37-24-13-20-16(11-23(24)36-3)25(17(15-30-20)26(29)34)31-21-14-22(35-2)19(28)12-18(21)27/h11-15H,4-10H2,1-3H3,(H2,29,34)(H,30,31). The summed E-state index contributed by atoms with van der Waals surface area (Å²) in [6.45, 7) is 5.83. The number of aromatic nitrogens is 1. The lowest BCUT2D eigenvalue weighted by molar-refractivity contribution is 0.100. The van der Waals surface area contributed by atoms with E-state index in [2.05, 4.69) is 27.1 Å². The van der Waals surface area contributed by atoms with E-state index >= 15 is 0 Å². The third kappa shape index (κ3) is 6.30. The number of amides is 1. The summed E-state index contributed by atoms with van der Waals surface area (Å²) in [5, 5.41) is 4.54. The van der Waals surface area contributed by atoms with Crippen LogP contribution < -0.4 is 25.3 Å². The fraction of sp³-hybridized carbons (Fsp3) is 0.385. The number of nitrogens with two attached hydrogens (primary N) is 1. The molecule has 0 unspecified atom stereocenters. The minimum Gasteiger partial charge on any atom is -0.495 e. The number of piperazine rings is 1. The molecule has 37 heavy (non-hydrogen) atoms. The van der Waals surface area contributed by atoms with Crippen molar-refractivity contribution in [3.05, 3.63) is 46.1 Å². The number of pyridine rings is 1. The molecule has 0 bridgehead atoms. The minimum absolute atomic E-state index is 0.195. The highest BCUT2D eigenvalue weighted by atomic mass is 35.5. The van der Waals surface area contributed by atoms with Crippen molar-refractivity contribution in [2.24, 2.45) is 5.73 Å². The van der Waals surface area contributed by atoms with Gasteiger partial charge in [0.15, 0.2) is 11.5 Å². The molecular formula is C26H31Cl2N5O4. The maximum Gasteiger partial charge on any atom is 0.252 e. The first-order valence-corrected chi connectivity index (χ1v) is 12.7. The van der Waals surface area contributed by atoms with E-state index in [1.807, 2.05) is 0 Å². The number of likely N-dealkylation sites (N-methyl/N-ethyl adjacent to an activating group) is 1. The summed E-state index contributed by atoms with van der Waals surface area (Å²) in [4.78, 5) is 21.5. The molecule has 1 fully saturated rings. The van der Waals surface area contributed by atoms with Gasteiger partial charge in [-0.2, -0.15) is 0 Å². The molecule has 0 atom stereocenters. The summed E-state index contributed by atoms with van der Waals surface area (Å²) in [6, 6.07) is 6.78. The summed E-state index contributed by atoms with van der Waals surface area (Å²) in [5.74, 6) is 0.873. The largest absolute Gasteiger partial charge is 0.495 e. The predicted molar refractivity (Wildman–Crippen MR) is 147 cm³/mol. The van der Waals surface area contributed by atoms with Gasteiger partial charge < -0.3 is 35.1 Å². The molecular weight excluding hydrogens is 517 g/mol. The van der Waals surface area contributed by atoms with Crippen molar-refractivity contribution in [3.63, 3.8) is 0 Å². The van der Waals surface area contributed by atoms with E-state index in [1.165, 1.54) is 13.3 Å². The first-order valence-electron chi connectivity index (χ1n) is 11.9. The lowest BCUT2D eigenvalue weighted by Gasteiger charge is -2.32. The summed E-state index contributed by atoms with van der Waals surface area (Å²) in [7, 11) is 5.22. The van der Waals surface area contributed by atoms with Gasteiger partial charge >= 0.3 is 0 Å². The Morgan fingerprint density at radius 1 is 1.03 bits per heavy atom. The predicted octanol–water partition coefficient (Wildman–Crippen LogP) is 4.42. The highest BCUT2D eigenvalue weighted by Gasteiger charge is 2.19. The van der Waals surface area contributed by atoms with Gasteiger partial charge in [0.25, 0.3) is 5.91 Å². The molecule has 3 N–H and O–H groups in total. The third-order valence-electron chi connectivity index (χ3n) is 6.39. The molecule has 0 aliphatic carbocycles. The van der Waals surface area contributed by atoms with E-state index in [1.54, 1.807) is 31.4 Å². The fourth-order valence-electron chi connectivity index (χ4n) is 4.25. The van der Waals surface area contributed by atoms with Crippen molar-refractivity contribution in [2.45, 2.75) is 6.42 Å². The molecule has 0 spiro atoms. The number of ether oxygens (including phenoxy) is 3. The molecule has 0 saturated carbocycles. The molecule has 2 heterocycles. The number of hydrogen-bond donors (Lipinski definition) is 2. The zero-order valence-corrected chi connectivity index (χ0v) is 22.7. The molecule has 0 radical (unpaired) electrons. The normalized spacial score (nSPS) is 14.5. The Bertz CT molecular complexity index is 1280. The van der Waals surface area contributed by atoms with E-state index in [4.69, 9.17) is 43.1 Å².